The Morgan fingerprint density at radius 3 is 0.500 bits per heavy atom. The van der Waals surface area contributed by atoms with Gasteiger partial charge in [0.05, 0.1) is 36.1 Å². The van der Waals surface area contributed by atoms with E-state index in [9.17, 15) is 30.6 Å². The summed E-state index contributed by atoms with van der Waals surface area (Å²) in [5, 5.41) is 60.3. The summed E-state index contributed by atoms with van der Waals surface area (Å²) in [5.74, 6) is 0. The topological polar surface area (TPSA) is 216 Å². The Labute approximate surface area is 248 Å². The SMILES string of the molecule is [Ag+].[Ag+].[Ag+].[Na+].[Na+].[Na+].[O-]c1nc([O-])nc([O-])n1.[O-]c1nc([O-])nc([O-])n1. The van der Waals surface area contributed by atoms with E-state index >= 15 is 0 Å². The molecule has 0 saturated carbocycles. The van der Waals surface area contributed by atoms with Gasteiger partial charge in [0, 0.05) is 0 Å². The number of nitrogens with zero attached hydrogens (tertiary/aromatic N) is 6. The molecule has 0 fully saturated rings. The van der Waals surface area contributed by atoms with E-state index in [0.717, 1.165) is 0 Å². The summed E-state index contributed by atoms with van der Waals surface area (Å²) in [6.45, 7) is 0. The van der Waals surface area contributed by atoms with Crippen molar-refractivity contribution in [1.29, 1.82) is 0 Å². The smallest absolute Gasteiger partial charge is 0.844 e. The number of hydrogen-bond acceptors (Lipinski definition) is 12. The van der Waals surface area contributed by atoms with Crippen LogP contribution in [-0.4, -0.2) is 29.9 Å². The summed E-state index contributed by atoms with van der Waals surface area (Å²) in [4.78, 5) is 16.2. The van der Waals surface area contributed by atoms with Crippen LogP contribution in [0, 0.1) is 0 Å². The molecule has 2 aromatic heterocycles. The summed E-state index contributed by atoms with van der Waals surface area (Å²) in [6, 6.07) is -6.50. The molecular weight excluding hydrogens is 645 g/mol. The molecule has 126 valence electrons. The molecule has 0 radical (unpaired) electrons. The summed E-state index contributed by atoms with van der Waals surface area (Å²) in [5.41, 5.74) is 0. The fourth-order valence-electron chi connectivity index (χ4n) is 0.641. The minimum Gasteiger partial charge on any atom is -0.844 e. The Hall–Kier alpha value is 2.04. The van der Waals surface area contributed by atoms with E-state index in [1.165, 1.54) is 0 Å². The van der Waals surface area contributed by atoms with Gasteiger partial charge in [-0.15, -0.1) is 0 Å². The molecule has 0 amide bonds. The molecule has 0 spiro atoms. The maximum Gasteiger partial charge on any atom is 1.00 e. The van der Waals surface area contributed by atoms with E-state index in [1.807, 2.05) is 0 Å². The van der Waals surface area contributed by atoms with Crippen LogP contribution in [0.2, 0.25) is 0 Å². The number of hydrogen-bond donors (Lipinski definition) is 0. The summed E-state index contributed by atoms with van der Waals surface area (Å²) in [6.07, 6.45) is 0. The summed E-state index contributed by atoms with van der Waals surface area (Å²) in [7, 11) is 0. The van der Waals surface area contributed by atoms with Crippen molar-refractivity contribution < 1.29 is 186 Å². The molecule has 0 saturated heterocycles. The van der Waals surface area contributed by atoms with Gasteiger partial charge in [0.25, 0.3) is 0 Å². The molecule has 0 atom stereocenters. The van der Waals surface area contributed by atoms with Crippen molar-refractivity contribution in [3.05, 3.63) is 0 Å². The monoisotopic (exact) mass is 642 g/mol. The first-order valence-corrected chi connectivity index (χ1v) is 3.91. The van der Waals surface area contributed by atoms with Gasteiger partial charge in [0.2, 0.25) is 0 Å². The van der Waals surface area contributed by atoms with Gasteiger partial charge in [0.1, 0.15) is 0 Å². The first kappa shape index (κ1) is 40.7. The van der Waals surface area contributed by atoms with Gasteiger partial charge in [-0.2, -0.15) is 0 Å². The minimum absolute atomic E-state index is 0. The third kappa shape index (κ3) is 18.8. The molecule has 18 heteroatoms. The molecule has 2 aromatic rings. The van der Waals surface area contributed by atoms with Crippen molar-refractivity contribution in [2.24, 2.45) is 0 Å². The molecule has 0 aromatic carbocycles. The van der Waals surface area contributed by atoms with Crippen LogP contribution in [0.25, 0.3) is 0 Å². The van der Waals surface area contributed by atoms with Crippen molar-refractivity contribution in [3.8, 4) is 36.1 Å². The van der Waals surface area contributed by atoms with Crippen molar-refractivity contribution in [2.45, 2.75) is 0 Å². The Morgan fingerprint density at radius 1 is 0.333 bits per heavy atom. The molecular formula is C6Ag3N6Na3O6. The second-order valence-corrected chi connectivity index (χ2v) is 2.37. The Bertz CT molecular complexity index is 425. The molecule has 0 unspecified atom stereocenters. The van der Waals surface area contributed by atoms with Crippen molar-refractivity contribution in [1.82, 2.24) is 29.9 Å². The fourth-order valence-corrected chi connectivity index (χ4v) is 0.641. The summed E-state index contributed by atoms with van der Waals surface area (Å²) < 4.78 is 0. The average molecular weight is 645 g/mol. The van der Waals surface area contributed by atoms with Crippen LogP contribution in [0.1, 0.15) is 0 Å². The standard InChI is InChI=1S/2C3H3N3O3.3Ag.3Na/c2*7-1-4-2(8)6-3(9)5-1;;;;;;/h2*(H3,4,5,6,7,8,9);;;;;;/q;;6*+1/p-6. The van der Waals surface area contributed by atoms with E-state index in [4.69, 9.17) is 0 Å². The second-order valence-electron chi connectivity index (χ2n) is 2.37. The second kappa shape index (κ2) is 21.3. The van der Waals surface area contributed by atoms with Gasteiger partial charge in [-0.3, -0.25) is 0 Å². The number of aromatic nitrogens is 6. The predicted molar refractivity (Wildman–Crippen MR) is 36.3 cm³/mol. The van der Waals surface area contributed by atoms with Gasteiger partial charge in [-0.25, -0.2) is 29.9 Å². The van der Waals surface area contributed by atoms with Crippen LogP contribution >= 0.6 is 0 Å². The third-order valence-electron chi connectivity index (χ3n) is 1.15. The molecule has 2 rings (SSSR count). The van der Waals surface area contributed by atoms with Crippen molar-refractivity contribution in [2.75, 3.05) is 0 Å². The molecule has 0 aliphatic carbocycles. The molecule has 2 heterocycles. The van der Waals surface area contributed by atoms with Gasteiger partial charge in [0.15, 0.2) is 0 Å². The first-order valence-electron chi connectivity index (χ1n) is 3.91. The number of rotatable bonds is 0. The van der Waals surface area contributed by atoms with Crippen LogP contribution in [0.15, 0.2) is 0 Å². The molecule has 0 N–H and O–H groups in total. The first-order chi connectivity index (χ1) is 8.36. The minimum atomic E-state index is -1.08. The van der Waals surface area contributed by atoms with E-state index < -0.39 is 36.1 Å². The van der Waals surface area contributed by atoms with Gasteiger partial charge < -0.3 is 30.6 Å². The molecule has 0 aliphatic rings. The largest absolute Gasteiger partial charge is 1.00 e. The van der Waals surface area contributed by atoms with E-state index in [2.05, 4.69) is 29.9 Å². The van der Waals surface area contributed by atoms with Gasteiger partial charge in [-0.1, -0.05) is 0 Å². The van der Waals surface area contributed by atoms with Crippen LogP contribution in [0.4, 0.5) is 0 Å². The Balaban J connectivity index is -0.0000000540. The Morgan fingerprint density at radius 2 is 0.417 bits per heavy atom. The van der Waals surface area contributed by atoms with Crippen LogP contribution in [-0.2, 0) is 67.1 Å². The maximum absolute atomic E-state index is 10.0. The van der Waals surface area contributed by atoms with Crippen molar-refractivity contribution >= 4 is 0 Å². The predicted octanol–water partition coefficient (Wildman–Crippen LogP) is -14.8. The molecule has 0 bridgehead atoms. The third-order valence-corrected chi connectivity index (χ3v) is 1.15. The molecule has 24 heavy (non-hydrogen) atoms. The van der Waals surface area contributed by atoms with Crippen LogP contribution < -0.4 is 119 Å². The average Bonchev–Trinajstić information content (AvgIpc) is 2.12. The van der Waals surface area contributed by atoms with Crippen LogP contribution in [0.5, 0.6) is 36.1 Å². The maximum atomic E-state index is 10.0. The normalized spacial score (nSPS) is 7.00. The zero-order chi connectivity index (χ0) is 13.7. The molecule has 0 aliphatic heterocycles. The van der Waals surface area contributed by atoms with E-state index in [1.54, 1.807) is 0 Å². The quantitative estimate of drug-likeness (QED) is 0.244. The summed E-state index contributed by atoms with van der Waals surface area (Å²) >= 11 is 0. The van der Waals surface area contributed by atoms with E-state index in [0.29, 0.717) is 0 Å². The van der Waals surface area contributed by atoms with Gasteiger partial charge in [-0.05, 0) is 0 Å². The molecule has 12 nitrogen and oxygen atoms in total. The van der Waals surface area contributed by atoms with Gasteiger partial charge >= 0.3 is 156 Å². The zero-order valence-corrected chi connectivity index (χ0v) is 22.5. The van der Waals surface area contributed by atoms with Crippen LogP contribution in [0.3, 0.4) is 0 Å². The Kier molecular flexibility index (Phi) is 36.2. The van der Waals surface area contributed by atoms with Crippen molar-refractivity contribution in [3.63, 3.8) is 0 Å². The van der Waals surface area contributed by atoms with E-state index in [-0.39, 0.29) is 156 Å². The zero-order valence-electron chi connectivity index (χ0n) is 12.0. The fraction of sp³-hybridized carbons (Fsp3) is 0.